The molecule has 0 spiro atoms. The van der Waals surface area contributed by atoms with E-state index < -0.39 is 0 Å². The minimum absolute atomic E-state index is 0.211. The topological polar surface area (TPSA) is 56.8 Å². The Hall–Kier alpha value is -3.47. The summed E-state index contributed by atoms with van der Waals surface area (Å²) in [4.78, 5) is 12.4. The first kappa shape index (κ1) is 18.3. The third-order valence-electron chi connectivity index (χ3n) is 4.01. The number of ether oxygens (including phenoxy) is 3. The Morgan fingerprint density at radius 2 is 1.56 bits per heavy atom. The van der Waals surface area contributed by atoms with E-state index in [1.807, 2.05) is 30.3 Å². The van der Waals surface area contributed by atoms with Gasteiger partial charge < -0.3 is 19.5 Å². The average molecular weight is 363 g/mol. The van der Waals surface area contributed by atoms with Gasteiger partial charge in [-0.25, -0.2) is 0 Å². The van der Waals surface area contributed by atoms with E-state index in [0.717, 1.165) is 5.56 Å². The summed E-state index contributed by atoms with van der Waals surface area (Å²) in [5, 5.41) is 2.85. The number of rotatable bonds is 7. The number of hydrogen-bond acceptors (Lipinski definition) is 4. The third-order valence-corrected chi connectivity index (χ3v) is 4.01. The number of nitrogens with one attached hydrogen (secondary N) is 1. The molecular formula is C22H21NO4. The van der Waals surface area contributed by atoms with Crippen LogP contribution in [-0.2, 0) is 6.61 Å². The zero-order chi connectivity index (χ0) is 19.1. The standard InChI is InChI=1S/C22H21NO4/c1-25-20-13-10-18(14-21(20)26-2)23-22(24)17-8-11-19(12-9-17)27-15-16-6-4-3-5-7-16/h3-14H,15H2,1-2H3,(H,23,24). The maximum atomic E-state index is 12.4. The van der Waals surface area contributed by atoms with Crippen molar-refractivity contribution in [2.24, 2.45) is 0 Å². The van der Waals surface area contributed by atoms with Gasteiger partial charge in [0.05, 0.1) is 14.2 Å². The number of carbonyl (C=O) groups excluding carboxylic acids is 1. The Morgan fingerprint density at radius 3 is 2.22 bits per heavy atom. The molecule has 27 heavy (non-hydrogen) atoms. The molecule has 0 unspecified atom stereocenters. The fraction of sp³-hybridized carbons (Fsp3) is 0.136. The van der Waals surface area contributed by atoms with Crippen LogP contribution in [0.4, 0.5) is 5.69 Å². The molecule has 0 aliphatic carbocycles. The average Bonchev–Trinajstić information content (AvgIpc) is 2.73. The lowest BCUT2D eigenvalue weighted by molar-refractivity contribution is 0.102. The highest BCUT2D eigenvalue weighted by Crippen LogP contribution is 2.30. The first-order valence-corrected chi connectivity index (χ1v) is 8.50. The highest BCUT2D eigenvalue weighted by atomic mass is 16.5. The van der Waals surface area contributed by atoms with Crippen LogP contribution >= 0.6 is 0 Å². The van der Waals surface area contributed by atoms with Crippen molar-refractivity contribution >= 4 is 11.6 Å². The van der Waals surface area contributed by atoms with E-state index in [0.29, 0.717) is 35.1 Å². The maximum absolute atomic E-state index is 12.4. The van der Waals surface area contributed by atoms with E-state index in [1.54, 1.807) is 56.7 Å². The van der Waals surface area contributed by atoms with Crippen molar-refractivity contribution < 1.29 is 19.0 Å². The number of anilines is 1. The van der Waals surface area contributed by atoms with Crippen LogP contribution in [0.5, 0.6) is 17.2 Å². The van der Waals surface area contributed by atoms with E-state index in [-0.39, 0.29) is 5.91 Å². The summed E-state index contributed by atoms with van der Waals surface area (Å²) in [7, 11) is 3.12. The number of amides is 1. The van der Waals surface area contributed by atoms with Gasteiger partial charge in [0.2, 0.25) is 0 Å². The number of hydrogen-bond donors (Lipinski definition) is 1. The molecular weight excluding hydrogens is 342 g/mol. The molecule has 138 valence electrons. The number of carbonyl (C=O) groups is 1. The summed E-state index contributed by atoms with van der Waals surface area (Å²) in [6, 6.07) is 22.2. The first-order valence-electron chi connectivity index (χ1n) is 8.50. The fourth-order valence-electron chi connectivity index (χ4n) is 2.56. The quantitative estimate of drug-likeness (QED) is 0.670. The number of benzene rings is 3. The summed E-state index contributed by atoms with van der Waals surface area (Å²) in [5.74, 6) is 1.66. The van der Waals surface area contributed by atoms with Crippen LogP contribution in [-0.4, -0.2) is 20.1 Å². The largest absolute Gasteiger partial charge is 0.493 e. The second-order valence-corrected chi connectivity index (χ2v) is 5.82. The highest BCUT2D eigenvalue weighted by molar-refractivity contribution is 6.04. The predicted molar refractivity (Wildman–Crippen MR) is 105 cm³/mol. The molecule has 0 aliphatic heterocycles. The van der Waals surface area contributed by atoms with Gasteiger partial charge in [-0.1, -0.05) is 30.3 Å². The van der Waals surface area contributed by atoms with Crippen molar-refractivity contribution in [3.63, 3.8) is 0 Å². The molecule has 3 aromatic rings. The van der Waals surface area contributed by atoms with E-state index >= 15 is 0 Å². The lowest BCUT2D eigenvalue weighted by Crippen LogP contribution is -2.11. The van der Waals surface area contributed by atoms with Crippen LogP contribution in [0.1, 0.15) is 15.9 Å². The molecule has 0 heterocycles. The van der Waals surface area contributed by atoms with Gasteiger partial charge in [0.25, 0.3) is 5.91 Å². The normalized spacial score (nSPS) is 10.1. The van der Waals surface area contributed by atoms with Crippen molar-refractivity contribution in [1.29, 1.82) is 0 Å². The van der Waals surface area contributed by atoms with Crippen LogP contribution in [0.3, 0.4) is 0 Å². The van der Waals surface area contributed by atoms with Gasteiger partial charge in [-0.2, -0.15) is 0 Å². The van der Waals surface area contributed by atoms with Gasteiger partial charge in [0.1, 0.15) is 12.4 Å². The zero-order valence-corrected chi connectivity index (χ0v) is 15.3. The van der Waals surface area contributed by atoms with E-state index in [9.17, 15) is 4.79 Å². The molecule has 5 heteroatoms. The van der Waals surface area contributed by atoms with Gasteiger partial charge >= 0.3 is 0 Å². The van der Waals surface area contributed by atoms with Crippen LogP contribution < -0.4 is 19.5 Å². The molecule has 0 radical (unpaired) electrons. The van der Waals surface area contributed by atoms with Crippen molar-refractivity contribution in [3.05, 3.63) is 83.9 Å². The van der Waals surface area contributed by atoms with Gasteiger partial charge in [-0.05, 0) is 42.0 Å². The molecule has 0 aromatic heterocycles. The van der Waals surface area contributed by atoms with E-state index in [2.05, 4.69) is 5.32 Å². The summed E-state index contributed by atoms with van der Waals surface area (Å²) >= 11 is 0. The molecule has 1 amide bonds. The van der Waals surface area contributed by atoms with Crippen molar-refractivity contribution in [2.75, 3.05) is 19.5 Å². The minimum atomic E-state index is -0.211. The Balaban J connectivity index is 1.62. The van der Waals surface area contributed by atoms with Crippen molar-refractivity contribution in [2.45, 2.75) is 6.61 Å². The summed E-state index contributed by atoms with van der Waals surface area (Å²) in [6.07, 6.45) is 0. The smallest absolute Gasteiger partial charge is 0.255 e. The lowest BCUT2D eigenvalue weighted by atomic mass is 10.2. The van der Waals surface area contributed by atoms with Crippen molar-refractivity contribution in [3.8, 4) is 17.2 Å². The monoisotopic (exact) mass is 363 g/mol. The van der Waals surface area contributed by atoms with Gasteiger partial charge in [-0.3, -0.25) is 4.79 Å². The Morgan fingerprint density at radius 1 is 0.852 bits per heavy atom. The molecule has 0 fully saturated rings. The van der Waals surface area contributed by atoms with E-state index in [4.69, 9.17) is 14.2 Å². The van der Waals surface area contributed by atoms with Crippen LogP contribution in [0.25, 0.3) is 0 Å². The molecule has 5 nitrogen and oxygen atoms in total. The SMILES string of the molecule is COc1ccc(NC(=O)c2ccc(OCc3ccccc3)cc2)cc1OC. The Kier molecular flexibility index (Phi) is 5.94. The summed E-state index contributed by atoms with van der Waals surface area (Å²) < 4.78 is 16.2. The molecule has 0 atom stereocenters. The molecule has 0 bridgehead atoms. The molecule has 0 aliphatic rings. The van der Waals surface area contributed by atoms with Gasteiger partial charge in [0.15, 0.2) is 11.5 Å². The summed E-state index contributed by atoms with van der Waals surface area (Å²) in [6.45, 7) is 0.484. The van der Waals surface area contributed by atoms with Crippen LogP contribution in [0.2, 0.25) is 0 Å². The fourth-order valence-corrected chi connectivity index (χ4v) is 2.56. The second kappa shape index (κ2) is 8.76. The Bertz CT molecular complexity index is 892. The second-order valence-electron chi connectivity index (χ2n) is 5.82. The maximum Gasteiger partial charge on any atom is 0.255 e. The molecule has 3 rings (SSSR count). The van der Waals surface area contributed by atoms with Crippen LogP contribution in [0, 0.1) is 0 Å². The Labute approximate surface area is 158 Å². The van der Waals surface area contributed by atoms with Crippen LogP contribution in [0.15, 0.2) is 72.8 Å². The first-order chi connectivity index (χ1) is 13.2. The van der Waals surface area contributed by atoms with Gasteiger partial charge in [-0.15, -0.1) is 0 Å². The van der Waals surface area contributed by atoms with Gasteiger partial charge in [0, 0.05) is 17.3 Å². The third kappa shape index (κ3) is 4.79. The molecule has 3 aromatic carbocycles. The predicted octanol–water partition coefficient (Wildman–Crippen LogP) is 4.54. The number of methoxy groups -OCH3 is 2. The lowest BCUT2D eigenvalue weighted by Gasteiger charge is -2.11. The highest BCUT2D eigenvalue weighted by Gasteiger charge is 2.09. The molecule has 0 saturated carbocycles. The minimum Gasteiger partial charge on any atom is -0.493 e. The summed E-state index contributed by atoms with van der Waals surface area (Å²) in [5.41, 5.74) is 2.26. The molecule has 0 saturated heterocycles. The molecule has 1 N–H and O–H groups in total. The van der Waals surface area contributed by atoms with Crippen molar-refractivity contribution in [1.82, 2.24) is 0 Å². The van der Waals surface area contributed by atoms with E-state index in [1.165, 1.54) is 0 Å². The zero-order valence-electron chi connectivity index (χ0n) is 15.3.